The Morgan fingerprint density at radius 2 is 1.77 bits per heavy atom. The molecule has 2 aliphatic rings. The second-order valence-corrected chi connectivity index (χ2v) is 10.5. The number of carbonyl (C=O) groups is 2. The number of aryl methyl sites for hydroxylation is 1. The fourth-order valence-electron chi connectivity index (χ4n) is 5.88. The van der Waals surface area contributed by atoms with Gasteiger partial charge in [-0.3, -0.25) is 14.5 Å². The van der Waals surface area contributed by atoms with Crippen LogP contribution in [0.25, 0.3) is 0 Å². The number of unbranched alkanes of at least 4 members (excludes halogenated alkanes) is 2. The molecule has 1 fully saturated rings. The number of methoxy groups -OCH3 is 1. The molecule has 212 valence electrons. The van der Waals surface area contributed by atoms with Crippen LogP contribution in [-0.2, 0) is 16.0 Å². The van der Waals surface area contributed by atoms with E-state index in [2.05, 4.69) is 18.7 Å². The van der Waals surface area contributed by atoms with E-state index in [4.69, 9.17) is 14.2 Å². The molecule has 2 heterocycles. The number of fused-ring (bicyclic) bond motifs is 1. The molecule has 2 aromatic rings. The summed E-state index contributed by atoms with van der Waals surface area (Å²) >= 11 is 0. The third-order valence-corrected chi connectivity index (χ3v) is 8.01. The van der Waals surface area contributed by atoms with Gasteiger partial charge in [-0.1, -0.05) is 51.0 Å². The topological polar surface area (TPSA) is 88.5 Å². The zero-order valence-corrected chi connectivity index (χ0v) is 23.4. The lowest BCUT2D eigenvalue weighted by molar-refractivity contribution is -0.143. The van der Waals surface area contributed by atoms with Gasteiger partial charge in [0.05, 0.1) is 19.6 Å². The summed E-state index contributed by atoms with van der Waals surface area (Å²) in [6, 6.07) is 13.2. The minimum absolute atomic E-state index is 0.0784. The van der Waals surface area contributed by atoms with Crippen LogP contribution >= 0.6 is 0 Å². The summed E-state index contributed by atoms with van der Waals surface area (Å²) in [5, 5.41) is 10.5. The number of ether oxygens (including phenoxy) is 3. The average Bonchev–Trinajstić information content (AvgIpc) is 3.56. The third-order valence-electron chi connectivity index (χ3n) is 8.01. The van der Waals surface area contributed by atoms with Gasteiger partial charge in [0, 0.05) is 31.6 Å². The minimum atomic E-state index is -0.841. The molecule has 8 nitrogen and oxygen atoms in total. The standard InChI is InChI=1S/C31H42N2O6/c1-4-6-16-32(17-7-5-2)29(34)20-33-19-24(23-13-15-27-28(18-23)39-21-38-27)30(31(35)36)25(33)14-12-22-10-8-9-11-26(22)37-3/h8-11,13,15,18,24-25,30H,4-7,12,14,16-17,19-21H2,1-3H3,(H,35,36)/t24-,25+,30-/m1/s1. The van der Waals surface area contributed by atoms with Crippen LogP contribution in [0.4, 0.5) is 0 Å². The normalized spacial score (nSPS) is 20.2. The second-order valence-electron chi connectivity index (χ2n) is 10.5. The van der Waals surface area contributed by atoms with Crippen molar-refractivity contribution in [2.45, 2.75) is 64.3 Å². The van der Waals surface area contributed by atoms with Crippen LogP contribution < -0.4 is 14.2 Å². The van der Waals surface area contributed by atoms with Crippen LogP contribution in [-0.4, -0.2) is 72.9 Å². The Morgan fingerprint density at radius 1 is 1.05 bits per heavy atom. The Hall–Kier alpha value is -3.26. The van der Waals surface area contributed by atoms with Gasteiger partial charge in [-0.2, -0.15) is 0 Å². The molecule has 3 atom stereocenters. The van der Waals surface area contributed by atoms with E-state index in [1.54, 1.807) is 7.11 Å². The summed E-state index contributed by atoms with van der Waals surface area (Å²) < 4.78 is 16.6. The fourth-order valence-corrected chi connectivity index (χ4v) is 5.88. The van der Waals surface area contributed by atoms with Crippen LogP contribution in [0.1, 0.15) is 63.0 Å². The number of hydrogen-bond acceptors (Lipinski definition) is 6. The molecule has 0 bridgehead atoms. The van der Waals surface area contributed by atoms with E-state index in [1.165, 1.54) is 0 Å². The van der Waals surface area contributed by atoms with Gasteiger partial charge in [-0.15, -0.1) is 0 Å². The first-order valence-electron chi connectivity index (χ1n) is 14.2. The molecular weight excluding hydrogens is 496 g/mol. The molecule has 0 saturated carbocycles. The summed E-state index contributed by atoms with van der Waals surface area (Å²) in [5.74, 6) is 0.413. The maximum atomic E-state index is 13.6. The maximum absolute atomic E-state index is 13.6. The van der Waals surface area contributed by atoms with Crippen molar-refractivity contribution in [3.8, 4) is 17.2 Å². The SMILES string of the molecule is CCCCN(CCCC)C(=O)CN1C[C@H](c2ccc3c(c2)OCO3)[C@@H](C(=O)O)[C@@H]1CCc1ccccc1OC. The highest BCUT2D eigenvalue weighted by Crippen LogP contribution is 2.43. The van der Waals surface area contributed by atoms with E-state index in [9.17, 15) is 14.7 Å². The van der Waals surface area contributed by atoms with Crippen molar-refractivity contribution in [1.82, 2.24) is 9.80 Å². The molecule has 39 heavy (non-hydrogen) atoms. The largest absolute Gasteiger partial charge is 0.496 e. The van der Waals surface area contributed by atoms with Gasteiger partial charge in [0.1, 0.15) is 5.75 Å². The van der Waals surface area contributed by atoms with Crippen molar-refractivity contribution in [3.05, 3.63) is 53.6 Å². The Labute approximate surface area is 231 Å². The molecule has 0 unspecified atom stereocenters. The van der Waals surface area contributed by atoms with Gasteiger partial charge in [0.2, 0.25) is 12.7 Å². The molecule has 0 spiro atoms. The lowest BCUT2D eigenvalue weighted by Crippen LogP contribution is -2.44. The number of amides is 1. The Bertz CT molecular complexity index is 1110. The monoisotopic (exact) mass is 538 g/mol. The van der Waals surface area contributed by atoms with Gasteiger partial charge < -0.3 is 24.2 Å². The number of carbonyl (C=O) groups excluding carboxylic acids is 1. The summed E-state index contributed by atoms with van der Waals surface area (Å²) in [4.78, 5) is 30.5. The summed E-state index contributed by atoms with van der Waals surface area (Å²) in [7, 11) is 1.65. The lowest BCUT2D eigenvalue weighted by atomic mass is 9.83. The number of nitrogens with zero attached hydrogens (tertiary/aromatic N) is 2. The average molecular weight is 539 g/mol. The number of aliphatic carboxylic acids is 1. The highest BCUT2D eigenvalue weighted by molar-refractivity contribution is 5.79. The fraction of sp³-hybridized carbons (Fsp3) is 0.548. The first kappa shape index (κ1) is 28.7. The number of rotatable bonds is 14. The van der Waals surface area contributed by atoms with Crippen LogP contribution in [0.3, 0.4) is 0 Å². The molecule has 1 saturated heterocycles. The highest BCUT2D eigenvalue weighted by Gasteiger charge is 2.47. The van der Waals surface area contributed by atoms with Crippen LogP contribution in [0, 0.1) is 5.92 Å². The number of carboxylic acids is 1. The molecule has 2 aromatic carbocycles. The summed E-state index contributed by atoms with van der Waals surface area (Å²) in [6.07, 6.45) is 5.24. The predicted molar refractivity (Wildman–Crippen MR) is 150 cm³/mol. The molecule has 2 aliphatic heterocycles. The van der Waals surface area contributed by atoms with E-state index < -0.39 is 11.9 Å². The van der Waals surface area contributed by atoms with E-state index in [0.29, 0.717) is 30.9 Å². The molecule has 1 N–H and O–H groups in total. The summed E-state index contributed by atoms with van der Waals surface area (Å²) in [6.45, 7) is 6.61. The molecular formula is C31H42N2O6. The van der Waals surface area contributed by atoms with Gasteiger partial charge in [-0.05, 0) is 55.0 Å². The van der Waals surface area contributed by atoms with E-state index in [1.807, 2.05) is 47.4 Å². The maximum Gasteiger partial charge on any atom is 0.308 e. The van der Waals surface area contributed by atoms with Gasteiger partial charge in [0.25, 0.3) is 0 Å². The number of para-hydroxylation sites is 1. The van der Waals surface area contributed by atoms with Crippen LogP contribution in [0.15, 0.2) is 42.5 Å². The Kier molecular flexibility index (Phi) is 10.1. The molecule has 1 amide bonds. The number of benzene rings is 2. The molecule has 8 heteroatoms. The van der Waals surface area contributed by atoms with Gasteiger partial charge in [0.15, 0.2) is 11.5 Å². The van der Waals surface area contributed by atoms with Crippen molar-refractivity contribution in [3.63, 3.8) is 0 Å². The van der Waals surface area contributed by atoms with Crippen LogP contribution in [0.5, 0.6) is 17.2 Å². The van der Waals surface area contributed by atoms with Crippen molar-refractivity contribution < 1.29 is 28.9 Å². The first-order valence-corrected chi connectivity index (χ1v) is 14.2. The molecule has 4 rings (SSSR count). The molecule has 0 radical (unpaired) electrons. The van der Waals surface area contributed by atoms with Crippen molar-refractivity contribution in [2.75, 3.05) is 40.1 Å². The van der Waals surface area contributed by atoms with Crippen LogP contribution in [0.2, 0.25) is 0 Å². The number of likely N-dealkylation sites (tertiary alicyclic amines) is 1. The van der Waals surface area contributed by atoms with Crippen molar-refractivity contribution >= 4 is 11.9 Å². The molecule has 0 aliphatic carbocycles. The third kappa shape index (κ3) is 6.85. The summed E-state index contributed by atoms with van der Waals surface area (Å²) in [5.41, 5.74) is 1.94. The second kappa shape index (κ2) is 13.7. The zero-order chi connectivity index (χ0) is 27.8. The molecule has 0 aromatic heterocycles. The van der Waals surface area contributed by atoms with E-state index >= 15 is 0 Å². The number of hydrogen-bond donors (Lipinski definition) is 1. The van der Waals surface area contributed by atoms with E-state index in [-0.39, 0.29) is 31.2 Å². The van der Waals surface area contributed by atoms with Gasteiger partial charge >= 0.3 is 5.97 Å². The van der Waals surface area contributed by atoms with Gasteiger partial charge in [-0.25, -0.2) is 0 Å². The number of carboxylic acid groups (broad SMARTS) is 1. The first-order chi connectivity index (χ1) is 19.0. The minimum Gasteiger partial charge on any atom is -0.496 e. The quantitative estimate of drug-likeness (QED) is 0.364. The van der Waals surface area contributed by atoms with Crippen molar-refractivity contribution in [1.29, 1.82) is 0 Å². The Balaban J connectivity index is 1.61. The smallest absolute Gasteiger partial charge is 0.308 e. The van der Waals surface area contributed by atoms with Crippen molar-refractivity contribution in [2.24, 2.45) is 5.92 Å². The Morgan fingerprint density at radius 3 is 2.46 bits per heavy atom. The predicted octanol–water partition coefficient (Wildman–Crippen LogP) is 4.95. The lowest BCUT2D eigenvalue weighted by Gasteiger charge is -2.30. The van der Waals surface area contributed by atoms with E-state index in [0.717, 1.165) is 55.6 Å². The zero-order valence-electron chi connectivity index (χ0n) is 23.4. The highest BCUT2D eigenvalue weighted by atomic mass is 16.7.